The molecular formula is C9H11ClO2S. The van der Waals surface area contributed by atoms with Crippen LogP contribution < -0.4 is 4.74 Å². The molecule has 13 heavy (non-hydrogen) atoms. The van der Waals surface area contributed by atoms with Gasteiger partial charge in [0.05, 0.1) is 6.10 Å². The third kappa shape index (κ3) is 3.89. The van der Waals surface area contributed by atoms with Crippen LogP contribution in [-0.2, 0) is 0 Å². The second kappa shape index (κ2) is 5.37. The van der Waals surface area contributed by atoms with Gasteiger partial charge in [0, 0.05) is 10.8 Å². The van der Waals surface area contributed by atoms with Crippen LogP contribution in [0.4, 0.5) is 0 Å². The SMILES string of the molecule is O[C@H](CS)COc1ccc(Cl)cc1. The fraction of sp³-hybridized carbons (Fsp3) is 0.333. The summed E-state index contributed by atoms with van der Waals surface area (Å²) in [5.74, 6) is 1.10. The molecule has 0 aliphatic rings. The number of hydrogen-bond donors (Lipinski definition) is 2. The maximum Gasteiger partial charge on any atom is 0.119 e. The van der Waals surface area contributed by atoms with Crippen LogP contribution in [0.5, 0.6) is 5.75 Å². The van der Waals surface area contributed by atoms with Crippen LogP contribution in [0.15, 0.2) is 24.3 Å². The summed E-state index contributed by atoms with van der Waals surface area (Å²) in [5, 5.41) is 9.81. The molecule has 0 saturated carbocycles. The highest BCUT2D eigenvalue weighted by molar-refractivity contribution is 7.80. The van der Waals surface area contributed by atoms with Crippen LogP contribution >= 0.6 is 24.2 Å². The van der Waals surface area contributed by atoms with Crippen LogP contribution in [0.2, 0.25) is 5.02 Å². The van der Waals surface area contributed by atoms with Gasteiger partial charge in [-0.2, -0.15) is 12.6 Å². The van der Waals surface area contributed by atoms with Gasteiger partial charge in [-0.25, -0.2) is 0 Å². The Morgan fingerprint density at radius 1 is 1.38 bits per heavy atom. The highest BCUT2D eigenvalue weighted by Gasteiger charge is 2.01. The van der Waals surface area contributed by atoms with Crippen LogP contribution in [-0.4, -0.2) is 23.6 Å². The minimum Gasteiger partial charge on any atom is -0.491 e. The van der Waals surface area contributed by atoms with Gasteiger partial charge in [-0.1, -0.05) is 11.6 Å². The summed E-state index contributed by atoms with van der Waals surface area (Å²) in [4.78, 5) is 0. The summed E-state index contributed by atoms with van der Waals surface area (Å²) in [6.45, 7) is 0.255. The highest BCUT2D eigenvalue weighted by Crippen LogP contribution is 2.15. The average Bonchev–Trinajstić information content (AvgIpc) is 2.16. The maximum absolute atomic E-state index is 9.15. The first-order valence-electron chi connectivity index (χ1n) is 3.89. The van der Waals surface area contributed by atoms with Crippen molar-refractivity contribution in [2.24, 2.45) is 0 Å². The lowest BCUT2D eigenvalue weighted by atomic mass is 10.3. The molecule has 0 radical (unpaired) electrons. The molecule has 4 heteroatoms. The summed E-state index contributed by atoms with van der Waals surface area (Å²) in [5.41, 5.74) is 0. The molecule has 1 atom stereocenters. The molecule has 0 aliphatic carbocycles. The Morgan fingerprint density at radius 3 is 2.54 bits per heavy atom. The number of thiol groups is 1. The fourth-order valence-electron chi connectivity index (χ4n) is 0.776. The normalized spacial score (nSPS) is 12.5. The summed E-state index contributed by atoms with van der Waals surface area (Å²) in [6, 6.07) is 7.00. The second-order valence-electron chi connectivity index (χ2n) is 2.60. The van der Waals surface area contributed by atoms with Crippen molar-refractivity contribution in [1.29, 1.82) is 0 Å². The molecule has 0 aliphatic heterocycles. The number of rotatable bonds is 4. The molecule has 1 rings (SSSR count). The lowest BCUT2D eigenvalue weighted by molar-refractivity contribution is 0.126. The van der Waals surface area contributed by atoms with Crippen molar-refractivity contribution in [2.45, 2.75) is 6.10 Å². The largest absolute Gasteiger partial charge is 0.491 e. The number of halogens is 1. The van der Waals surface area contributed by atoms with E-state index in [1.54, 1.807) is 24.3 Å². The average molecular weight is 219 g/mol. The second-order valence-corrected chi connectivity index (χ2v) is 3.40. The summed E-state index contributed by atoms with van der Waals surface area (Å²) >= 11 is 9.61. The number of aliphatic hydroxyl groups excluding tert-OH is 1. The van der Waals surface area contributed by atoms with E-state index < -0.39 is 6.10 Å². The van der Waals surface area contributed by atoms with Gasteiger partial charge in [0.25, 0.3) is 0 Å². The first-order valence-corrected chi connectivity index (χ1v) is 4.90. The number of hydrogen-bond acceptors (Lipinski definition) is 3. The molecule has 1 aromatic rings. The topological polar surface area (TPSA) is 29.5 Å². The van der Waals surface area contributed by atoms with Crippen LogP contribution in [0, 0.1) is 0 Å². The van der Waals surface area contributed by atoms with Crippen molar-refractivity contribution < 1.29 is 9.84 Å². The minimum atomic E-state index is -0.529. The molecule has 0 heterocycles. The lowest BCUT2D eigenvalue weighted by Gasteiger charge is -2.09. The Kier molecular flexibility index (Phi) is 4.42. The van der Waals surface area contributed by atoms with Gasteiger partial charge in [0.2, 0.25) is 0 Å². The Bertz CT molecular complexity index is 250. The smallest absolute Gasteiger partial charge is 0.119 e. The fourth-order valence-corrected chi connectivity index (χ4v) is 1.01. The standard InChI is InChI=1S/C9H11ClO2S/c10-7-1-3-9(4-2-7)12-5-8(11)6-13/h1-4,8,11,13H,5-6H2/t8-/m0/s1. The van der Waals surface area contributed by atoms with Gasteiger partial charge in [-0.15, -0.1) is 0 Å². The van der Waals surface area contributed by atoms with Crippen molar-refractivity contribution in [3.63, 3.8) is 0 Å². The van der Waals surface area contributed by atoms with Crippen molar-refractivity contribution in [2.75, 3.05) is 12.4 Å². The van der Waals surface area contributed by atoms with Gasteiger partial charge in [0.15, 0.2) is 0 Å². The van der Waals surface area contributed by atoms with E-state index in [1.165, 1.54) is 0 Å². The first-order chi connectivity index (χ1) is 6.22. The van der Waals surface area contributed by atoms with Crippen molar-refractivity contribution in [3.05, 3.63) is 29.3 Å². The lowest BCUT2D eigenvalue weighted by Crippen LogP contribution is -2.18. The molecule has 0 amide bonds. The zero-order valence-corrected chi connectivity index (χ0v) is 8.63. The number of benzene rings is 1. The van der Waals surface area contributed by atoms with E-state index in [-0.39, 0.29) is 6.61 Å². The van der Waals surface area contributed by atoms with Crippen LogP contribution in [0.3, 0.4) is 0 Å². The maximum atomic E-state index is 9.15. The van der Waals surface area contributed by atoms with Gasteiger partial charge in [0.1, 0.15) is 12.4 Å². The monoisotopic (exact) mass is 218 g/mol. The Balaban J connectivity index is 2.41. The predicted octanol–water partition coefficient (Wildman–Crippen LogP) is 2.01. The zero-order valence-electron chi connectivity index (χ0n) is 6.98. The minimum absolute atomic E-state index is 0.255. The molecule has 0 bridgehead atoms. The third-order valence-electron chi connectivity index (χ3n) is 1.47. The molecule has 0 fully saturated rings. The van der Waals surface area contributed by atoms with E-state index in [0.717, 1.165) is 0 Å². The molecule has 72 valence electrons. The zero-order chi connectivity index (χ0) is 9.68. The van der Waals surface area contributed by atoms with E-state index in [1.807, 2.05) is 0 Å². The Morgan fingerprint density at radius 2 is 2.00 bits per heavy atom. The van der Waals surface area contributed by atoms with Crippen molar-refractivity contribution in [3.8, 4) is 5.75 Å². The number of aliphatic hydroxyl groups is 1. The quantitative estimate of drug-likeness (QED) is 0.758. The van der Waals surface area contributed by atoms with E-state index in [0.29, 0.717) is 16.5 Å². The van der Waals surface area contributed by atoms with E-state index >= 15 is 0 Å². The van der Waals surface area contributed by atoms with E-state index in [9.17, 15) is 0 Å². The van der Waals surface area contributed by atoms with Gasteiger partial charge in [-0.3, -0.25) is 0 Å². The van der Waals surface area contributed by atoms with E-state index in [4.69, 9.17) is 21.4 Å². The van der Waals surface area contributed by atoms with Gasteiger partial charge >= 0.3 is 0 Å². The Labute approximate surface area is 87.9 Å². The van der Waals surface area contributed by atoms with Crippen molar-refractivity contribution >= 4 is 24.2 Å². The summed E-state index contributed by atoms with van der Waals surface area (Å²) in [7, 11) is 0. The summed E-state index contributed by atoms with van der Waals surface area (Å²) < 4.78 is 5.26. The molecule has 0 aromatic heterocycles. The first kappa shape index (κ1) is 10.7. The molecule has 0 spiro atoms. The van der Waals surface area contributed by atoms with Crippen LogP contribution in [0.1, 0.15) is 0 Å². The molecule has 2 nitrogen and oxygen atoms in total. The number of ether oxygens (including phenoxy) is 1. The van der Waals surface area contributed by atoms with Crippen molar-refractivity contribution in [1.82, 2.24) is 0 Å². The molecule has 1 aromatic carbocycles. The van der Waals surface area contributed by atoms with Gasteiger partial charge in [-0.05, 0) is 24.3 Å². The third-order valence-corrected chi connectivity index (χ3v) is 2.14. The Hall–Kier alpha value is -0.380. The highest BCUT2D eigenvalue weighted by atomic mass is 35.5. The summed E-state index contributed by atoms with van der Waals surface area (Å²) in [6.07, 6.45) is -0.529. The van der Waals surface area contributed by atoms with Crippen LogP contribution in [0.25, 0.3) is 0 Å². The molecular weight excluding hydrogens is 208 g/mol. The van der Waals surface area contributed by atoms with E-state index in [2.05, 4.69) is 12.6 Å². The molecule has 1 N–H and O–H groups in total. The molecule has 0 saturated heterocycles. The molecule has 0 unspecified atom stereocenters. The predicted molar refractivity (Wildman–Crippen MR) is 56.8 cm³/mol. The van der Waals surface area contributed by atoms with Gasteiger partial charge < -0.3 is 9.84 Å².